The van der Waals surface area contributed by atoms with Gasteiger partial charge in [0.25, 0.3) is 0 Å². The fraction of sp³-hybridized carbons (Fsp3) is 0.533. The molecule has 0 bridgehead atoms. The van der Waals surface area contributed by atoms with Crippen molar-refractivity contribution in [3.05, 3.63) is 29.0 Å². The minimum atomic E-state index is 0.420. The van der Waals surface area contributed by atoms with Crippen LogP contribution in [0.5, 0.6) is 0 Å². The molecule has 0 spiro atoms. The molecule has 0 aliphatic carbocycles. The minimum absolute atomic E-state index is 0.420. The van der Waals surface area contributed by atoms with Gasteiger partial charge in [0.2, 0.25) is 0 Å². The number of morpholine rings is 1. The predicted molar refractivity (Wildman–Crippen MR) is 86.2 cm³/mol. The highest BCUT2D eigenvalue weighted by molar-refractivity contribution is 6.31. The molecular formula is C15H19Cl2N3O. The lowest BCUT2D eigenvalue weighted by Gasteiger charge is -2.26. The van der Waals surface area contributed by atoms with Crippen molar-refractivity contribution >= 4 is 34.2 Å². The number of hydrogen-bond donors (Lipinski definition) is 0. The molecule has 1 aromatic heterocycles. The van der Waals surface area contributed by atoms with Gasteiger partial charge in [0.15, 0.2) is 0 Å². The maximum absolute atomic E-state index is 6.03. The number of fused-ring (bicyclic) bond motifs is 1. The monoisotopic (exact) mass is 327 g/mol. The Morgan fingerprint density at radius 3 is 2.76 bits per heavy atom. The zero-order valence-electron chi connectivity index (χ0n) is 11.9. The molecule has 2 aromatic rings. The Morgan fingerprint density at radius 1 is 1.19 bits per heavy atom. The smallest absolute Gasteiger partial charge is 0.124 e. The third kappa shape index (κ3) is 3.51. The Bertz CT molecular complexity index is 608. The zero-order valence-corrected chi connectivity index (χ0v) is 13.4. The molecule has 6 heteroatoms. The number of imidazole rings is 1. The Kier molecular flexibility index (Phi) is 5.01. The van der Waals surface area contributed by atoms with E-state index in [-0.39, 0.29) is 0 Å². The molecule has 0 saturated carbocycles. The van der Waals surface area contributed by atoms with Crippen molar-refractivity contribution in [2.24, 2.45) is 0 Å². The first-order chi connectivity index (χ1) is 10.3. The summed E-state index contributed by atoms with van der Waals surface area (Å²) >= 11 is 12.1. The van der Waals surface area contributed by atoms with Gasteiger partial charge in [-0.25, -0.2) is 4.98 Å². The first-order valence-electron chi connectivity index (χ1n) is 7.28. The fourth-order valence-electron chi connectivity index (χ4n) is 2.78. The summed E-state index contributed by atoms with van der Waals surface area (Å²) in [5, 5.41) is 0.710. The van der Waals surface area contributed by atoms with Gasteiger partial charge in [-0.1, -0.05) is 11.6 Å². The average molecular weight is 328 g/mol. The third-order valence-electron chi connectivity index (χ3n) is 3.87. The number of alkyl halides is 1. The summed E-state index contributed by atoms with van der Waals surface area (Å²) < 4.78 is 7.58. The van der Waals surface area contributed by atoms with Crippen LogP contribution >= 0.6 is 23.2 Å². The number of aromatic nitrogens is 2. The second-order valence-electron chi connectivity index (χ2n) is 5.25. The summed E-state index contributed by atoms with van der Waals surface area (Å²) in [6.45, 7) is 5.76. The van der Waals surface area contributed by atoms with Crippen molar-refractivity contribution in [3.63, 3.8) is 0 Å². The first-order valence-corrected chi connectivity index (χ1v) is 8.20. The van der Waals surface area contributed by atoms with Crippen LogP contribution in [0.15, 0.2) is 18.2 Å². The van der Waals surface area contributed by atoms with Crippen LogP contribution in [-0.4, -0.2) is 47.3 Å². The third-order valence-corrected chi connectivity index (χ3v) is 4.34. The largest absolute Gasteiger partial charge is 0.379 e. The maximum Gasteiger partial charge on any atom is 0.124 e. The van der Waals surface area contributed by atoms with Crippen molar-refractivity contribution in [2.75, 3.05) is 32.8 Å². The Morgan fingerprint density at radius 2 is 2.00 bits per heavy atom. The number of benzene rings is 1. The molecule has 0 unspecified atom stereocenters. The van der Waals surface area contributed by atoms with Gasteiger partial charge in [-0.15, -0.1) is 11.6 Å². The van der Waals surface area contributed by atoms with Crippen LogP contribution in [0.4, 0.5) is 0 Å². The lowest BCUT2D eigenvalue weighted by molar-refractivity contribution is 0.0369. The van der Waals surface area contributed by atoms with Gasteiger partial charge in [0.05, 0.1) is 30.1 Å². The molecule has 0 radical (unpaired) electrons. The highest BCUT2D eigenvalue weighted by Gasteiger charge is 2.12. The van der Waals surface area contributed by atoms with Crippen molar-refractivity contribution in [1.29, 1.82) is 0 Å². The Labute approximate surface area is 134 Å². The molecule has 1 aromatic carbocycles. The van der Waals surface area contributed by atoms with Crippen LogP contribution in [0.1, 0.15) is 12.2 Å². The van der Waals surface area contributed by atoms with E-state index in [4.69, 9.17) is 27.9 Å². The van der Waals surface area contributed by atoms with E-state index in [9.17, 15) is 0 Å². The minimum Gasteiger partial charge on any atom is -0.379 e. The molecule has 21 heavy (non-hydrogen) atoms. The van der Waals surface area contributed by atoms with E-state index in [0.29, 0.717) is 10.9 Å². The standard InChI is InChI=1S/C15H19Cl2N3O/c16-11-15-18-13-10-12(17)2-3-14(13)20(15)5-1-4-19-6-8-21-9-7-19/h2-3,10H,1,4-9,11H2. The Hall–Kier alpha value is -0.810. The van der Waals surface area contributed by atoms with Crippen molar-refractivity contribution in [1.82, 2.24) is 14.5 Å². The van der Waals surface area contributed by atoms with Crippen LogP contribution < -0.4 is 0 Å². The molecule has 2 heterocycles. The summed E-state index contributed by atoms with van der Waals surface area (Å²) in [4.78, 5) is 7.01. The lowest BCUT2D eigenvalue weighted by atomic mass is 10.3. The normalized spacial score (nSPS) is 16.7. The quantitative estimate of drug-likeness (QED) is 0.790. The predicted octanol–water partition coefficient (Wildman–Crippen LogP) is 3.15. The fourth-order valence-corrected chi connectivity index (χ4v) is 3.15. The second-order valence-corrected chi connectivity index (χ2v) is 5.96. The van der Waals surface area contributed by atoms with Crippen LogP contribution in [0.25, 0.3) is 11.0 Å². The number of rotatable bonds is 5. The summed E-state index contributed by atoms with van der Waals surface area (Å²) in [6, 6.07) is 5.82. The molecule has 114 valence electrons. The number of hydrogen-bond acceptors (Lipinski definition) is 3. The average Bonchev–Trinajstić information content (AvgIpc) is 2.85. The maximum atomic E-state index is 6.03. The van der Waals surface area contributed by atoms with E-state index in [0.717, 1.165) is 62.7 Å². The molecule has 0 atom stereocenters. The summed E-state index contributed by atoms with van der Waals surface area (Å²) in [5.41, 5.74) is 2.03. The highest BCUT2D eigenvalue weighted by atomic mass is 35.5. The molecule has 0 N–H and O–H groups in total. The highest BCUT2D eigenvalue weighted by Crippen LogP contribution is 2.22. The molecule has 4 nitrogen and oxygen atoms in total. The van der Waals surface area contributed by atoms with E-state index in [1.807, 2.05) is 18.2 Å². The molecule has 1 fully saturated rings. The summed E-state index contributed by atoms with van der Waals surface area (Å²) in [5.74, 6) is 1.33. The first kappa shape index (κ1) is 15.1. The van der Waals surface area contributed by atoms with Crippen molar-refractivity contribution in [2.45, 2.75) is 18.8 Å². The van der Waals surface area contributed by atoms with E-state index in [1.54, 1.807) is 0 Å². The number of ether oxygens (including phenoxy) is 1. The van der Waals surface area contributed by atoms with Crippen LogP contribution in [0, 0.1) is 0 Å². The van der Waals surface area contributed by atoms with Gasteiger partial charge in [-0.3, -0.25) is 4.90 Å². The molecule has 1 aliphatic rings. The van der Waals surface area contributed by atoms with Gasteiger partial charge in [-0.2, -0.15) is 0 Å². The SMILES string of the molecule is ClCc1nc2cc(Cl)ccc2n1CCCN1CCOCC1. The Balaban J connectivity index is 1.70. The van der Waals surface area contributed by atoms with Gasteiger partial charge in [0, 0.05) is 31.2 Å². The van der Waals surface area contributed by atoms with Crippen LogP contribution in [0.2, 0.25) is 5.02 Å². The van der Waals surface area contributed by atoms with E-state index in [1.165, 1.54) is 0 Å². The van der Waals surface area contributed by atoms with Gasteiger partial charge in [-0.05, 0) is 24.6 Å². The van der Waals surface area contributed by atoms with Crippen LogP contribution in [-0.2, 0) is 17.2 Å². The van der Waals surface area contributed by atoms with Crippen molar-refractivity contribution in [3.8, 4) is 0 Å². The molecule has 0 amide bonds. The zero-order chi connectivity index (χ0) is 14.7. The second kappa shape index (κ2) is 6.97. The van der Waals surface area contributed by atoms with Crippen molar-refractivity contribution < 1.29 is 4.74 Å². The van der Waals surface area contributed by atoms with Crippen LogP contribution in [0.3, 0.4) is 0 Å². The molecule has 3 rings (SSSR count). The molecule has 1 saturated heterocycles. The van der Waals surface area contributed by atoms with E-state index < -0.39 is 0 Å². The van der Waals surface area contributed by atoms with E-state index >= 15 is 0 Å². The van der Waals surface area contributed by atoms with Gasteiger partial charge >= 0.3 is 0 Å². The van der Waals surface area contributed by atoms with Gasteiger partial charge < -0.3 is 9.30 Å². The molecule has 1 aliphatic heterocycles. The lowest BCUT2D eigenvalue weighted by Crippen LogP contribution is -2.37. The number of halogens is 2. The van der Waals surface area contributed by atoms with Gasteiger partial charge in [0.1, 0.15) is 5.82 Å². The summed E-state index contributed by atoms with van der Waals surface area (Å²) in [7, 11) is 0. The summed E-state index contributed by atoms with van der Waals surface area (Å²) in [6.07, 6.45) is 1.08. The number of nitrogens with zero attached hydrogens (tertiary/aromatic N) is 3. The topological polar surface area (TPSA) is 30.3 Å². The molecular weight excluding hydrogens is 309 g/mol. The van der Waals surface area contributed by atoms with E-state index in [2.05, 4.69) is 14.5 Å². The number of aryl methyl sites for hydroxylation is 1.